The first-order valence-electron chi connectivity index (χ1n) is 6.62. The molecule has 0 bridgehead atoms. The summed E-state index contributed by atoms with van der Waals surface area (Å²) in [5.41, 5.74) is 0.806. The molecule has 108 valence electrons. The Morgan fingerprint density at radius 3 is 3.00 bits per heavy atom. The number of rotatable bonds is 3. The molecule has 7 heteroatoms. The maximum absolute atomic E-state index is 6.09. The van der Waals surface area contributed by atoms with Gasteiger partial charge in [0, 0.05) is 25.4 Å². The van der Waals surface area contributed by atoms with E-state index < -0.39 is 0 Å². The molecule has 1 saturated heterocycles. The van der Waals surface area contributed by atoms with Gasteiger partial charge in [-0.15, -0.1) is 0 Å². The predicted molar refractivity (Wildman–Crippen MR) is 78.3 cm³/mol. The second kappa shape index (κ2) is 5.57. The number of nitrogens with zero attached hydrogens (tertiary/aromatic N) is 4. The first kappa shape index (κ1) is 13.6. The van der Waals surface area contributed by atoms with Crippen LogP contribution in [0.3, 0.4) is 0 Å². The lowest BCUT2D eigenvalue weighted by atomic mass is 10.3. The van der Waals surface area contributed by atoms with Gasteiger partial charge in [-0.2, -0.15) is 5.12 Å². The Morgan fingerprint density at radius 2 is 2.35 bits per heavy atom. The summed E-state index contributed by atoms with van der Waals surface area (Å²) in [5.74, 6) is 6.64. The summed E-state index contributed by atoms with van der Waals surface area (Å²) in [5, 5.41) is 3.83. The maximum Gasteiger partial charge on any atom is 0.149 e. The van der Waals surface area contributed by atoms with E-state index in [2.05, 4.69) is 16.9 Å². The minimum absolute atomic E-state index is 0.176. The van der Waals surface area contributed by atoms with Crippen molar-refractivity contribution in [3.63, 3.8) is 0 Å². The Kier molecular flexibility index (Phi) is 3.80. The summed E-state index contributed by atoms with van der Waals surface area (Å²) in [6, 6.07) is 1.75. The molecule has 0 saturated carbocycles. The first-order chi connectivity index (χ1) is 9.63. The van der Waals surface area contributed by atoms with Crippen molar-refractivity contribution in [3.05, 3.63) is 29.7 Å². The Balaban J connectivity index is 1.84. The summed E-state index contributed by atoms with van der Waals surface area (Å²) in [6.45, 7) is 2.63. The molecule has 20 heavy (non-hydrogen) atoms. The van der Waals surface area contributed by atoms with Crippen LogP contribution in [-0.4, -0.2) is 47.8 Å². The summed E-state index contributed by atoms with van der Waals surface area (Å²) in [4.78, 5) is 6.37. The Bertz CT molecular complexity index is 523. The van der Waals surface area contributed by atoms with Crippen molar-refractivity contribution in [2.75, 3.05) is 31.7 Å². The lowest BCUT2D eigenvalue weighted by molar-refractivity contribution is 0.206. The molecule has 1 atom stereocenters. The van der Waals surface area contributed by atoms with Gasteiger partial charge in [0.1, 0.15) is 22.7 Å². The quantitative estimate of drug-likeness (QED) is 0.669. The van der Waals surface area contributed by atoms with Gasteiger partial charge < -0.3 is 9.64 Å². The highest BCUT2D eigenvalue weighted by Crippen LogP contribution is 2.33. The number of nitrogens with two attached hydrogens (primary N) is 1. The molecule has 2 N–H and O–H groups in total. The van der Waals surface area contributed by atoms with E-state index in [1.807, 2.05) is 17.3 Å². The first-order valence-corrected chi connectivity index (χ1v) is 7.00. The fraction of sp³-hybridized carbons (Fsp3) is 0.462. The number of hydrogen-bond donors (Lipinski definition) is 1. The van der Waals surface area contributed by atoms with Gasteiger partial charge in [-0.1, -0.05) is 11.6 Å². The minimum Gasteiger partial charge on any atom is -0.487 e. The molecule has 3 rings (SSSR count). The van der Waals surface area contributed by atoms with Crippen LogP contribution in [0.5, 0.6) is 5.75 Å². The smallest absolute Gasteiger partial charge is 0.149 e. The largest absolute Gasteiger partial charge is 0.487 e. The second-order valence-corrected chi connectivity index (χ2v) is 5.50. The lowest BCUT2D eigenvalue weighted by Crippen LogP contribution is -2.41. The van der Waals surface area contributed by atoms with Crippen molar-refractivity contribution in [2.45, 2.75) is 12.5 Å². The SMILES string of the molecule is CN1CC[C@H](Oc2cc(Cl)ncc2N2C=CCN2N)C1. The van der Waals surface area contributed by atoms with Gasteiger partial charge in [-0.25, -0.2) is 10.8 Å². The number of likely N-dealkylation sites (N-methyl/N-ethyl adjacent to an activating group) is 1. The second-order valence-electron chi connectivity index (χ2n) is 5.12. The number of pyridine rings is 1. The van der Waals surface area contributed by atoms with Crippen LogP contribution in [0.4, 0.5) is 5.69 Å². The molecule has 0 aromatic carbocycles. The number of likely N-dealkylation sites (tertiary alicyclic amines) is 1. The zero-order valence-electron chi connectivity index (χ0n) is 11.4. The van der Waals surface area contributed by atoms with Gasteiger partial charge >= 0.3 is 0 Å². The van der Waals surface area contributed by atoms with Gasteiger partial charge in [-0.3, -0.25) is 5.01 Å². The van der Waals surface area contributed by atoms with Crippen LogP contribution in [-0.2, 0) is 0 Å². The molecule has 0 amide bonds. The van der Waals surface area contributed by atoms with Crippen molar-refractivity contribution in [1.82, 2.24) is 15.0 Å². The third-order valence-corrected chi connectivity index (χ3v) is 3.72. The third-order valence-electron chi connectivity index (χ3n) is 3.52. The van der Waals surface area contributed by atoms with Gasteiger partial charge in [0.05, 0.1) is 12.7 Å². The number of hydrazine groups is 2. The molecule has 0 aliphatic carbocycles. The van der Waals surface area contributed by atoms with Gasteiger partial charge in [0.2, 0.25) is 0 Å². The van der Waals surface area contributed by atoms with Gasteiger partial charge in [-0.05, 0) is 19.5 Å². The monoisotopic (exact) mass is 295 g/mol. The maximum atomic E-state index is 6.09. The highest BCUT2D eigenvalue weighted by Gasteiger charge is 2.25. The molecular weight excluding hydrogens is 278 g/mol. The number of hydrogen-bond acceptors (Lipinski definition) is 6. The third kappa shape index (κ3) is 2.73. The molecule has 0 radical (unpaired) electrons. The van der Waals surface area contributed by atoms with Crippen LogP contribution < -0.4 is 15.6 Å². The molecule has 1 fully saturated rings. The average Bonchev–Trinajstić information content (AvgIpc) is 2.99. The Labute approximate surface area is 123 Å². The van der Waals surface area contributed by atoms with Crippen molar-refractivity contribution >= 4 is 17.3 Å². The Hall–Kier alpha value is -1.34. The lowest BCUT2D eigenvalue weighted by Gasteiger charge is -2.27. The average molecular weight is 296 g/mol. The van der Waals surface area contributed by atoms with Crippen molar-refractivity contribution in [3.8, 4) is 5.75 Å². The van der Waals surface area contributed by atoms with Gasteiger partial charge in [0.15, 0.2) is 0 Å². The number of aromatic nitrogens is 1. The van der Waals surface area contributed by atoms with Crippen LogP contribution >= 0.6 is 11.6 Å². The van der Waals surface area contributed by atoms with Crippen molar-refractivity contribution in [2.24, 2.45) is 5.84 Å². The van der Waals surface area contributed by atoms with E-state index in [0.717, 1.165) is 25.2 Å². The van der Waals surface area contributed by atoms with E-state index in [1.165, 1.54) is 0 Å². The number of halogens is 1. The van der Waals surface area contributed by atoms with E-state index in [4.69, 9.17) is 22.2 Å². The molecular formula is C13H18ClN5O. The zero-order chi connectivity index (χ0) is 14.1. The van der Waals surface area contributed by atoms with E-state index >= 15 is 0 Å². The molecule has 2 aliphatic rings. The summed E-state index contributed by atoms with van der Waals surface area (Å²) < 4.78 is 6.09. The minimum atomic E-state index is 0.176. The highest BCUT2D eigenvalue weighted by atomic mass is 35.5. The van der Waals surface area contributed by atoms with Crippen LogP contribution in [0.1, 0.15) is 6.42 Å². The van der Waals surface area contributed by atoms with E-state index in [9.17, 15) is 0 Å². The van der Waals surface area contributed by atoms with Crippen LogP contribution in [0.15, 0.2) is 24.5 Å². The van der Waals surface area contributed by atoms with Crippen LogP contribution in [0.2, 0.25) is 5.15 Å². The molecule has 0 unspecified atom stereocenters. The zero-order valence-corrected chi connectivity index (χ0v) is 12.1. The normalized spacial score (nSPS) is 23.8. The van der Waals surface area contributed by atoms with E-state index in [0.29, 0.717) is 17.4 Å². The van der Waals surface area contributed by atoms with Crippen LogP contribution in [0.25, 0.3) is 0 Å². The van der Waals surface area contributed by atoms with Gasteiger partial charge in [0.25, 0.3) is 0 Å². The molecule has 3 heterocycles. The van der Waals surface area contributed by atoms with Crippen molar-refractivity contribution < 1.29 is 4.74 Å². The predicted octanol–water partition coefficient (Wildman–Crippen LogP) is 1.24. The summed E-state index contributed by atoms with van der Waals surface area (Å²) in [6.07, 6.45) is 6.75. The molecule has 2 aliphatic heterocycles. The van der Waals surface area contributed by atoms with E-state index in [1.54, 1.807) is 17.4 Å². The molecule has 0 spiro atoms. The van der Waals surface area contributed by atoms with Crippen LogP contribution in [0, 0.1) is 0 Å². The fourth-order valence-electron chi connectivity index (χ4n) is 2.49. The number of ether oxygens (including phenoxy) is 1. The highest BCUT2D eigenvalue weighted by molar-refractivity contribution is 6.29. The van der Waals surface area contributed by atoms with Crippen molar-refractivity contribution in [1.29, 1.82) is 0 Å². The molecule has 1 aromatic rings. The summed E-state index contributed by atoms with van der Waals surface area (Å²) in [7, 11) is 2.09. The summed E-state index contributed by atoms with van der Waals surface area (Å²) >= 11 is 5.99. The van der Waals surface area contributed by atoms with E-state index in [-0.39, 0.29) is 6.10 Å². The fourth-order valence-corrected chi connectivity index (χ4v) is 2.64. The molecule has 1 aromatic heterocycles. The topological polar surface area (TPSA) is 57.9 Å². The Morgan fingerprint density at radius 1 is 1.50 bits per heavy atom. The number of anilines is 1. The molecule has 6 nitrogen and oxygen atoms in total. The standard InChI is InChI=1S/C13H18ClN5O/c1-17-6-3-10(9-17)20-12-7-13(14)16-8-11(12)18-4-2-5-19(18)15/h2,4,7-8,10H,3,5-6,9,15H2,1H3/t10-/m0/s1.